The summed E-state index contributed by atoms with van der Waals surface area (Å²) in [6.07, 6.45) is 0. The maximum absolute atomic E-state index is 5.88. The molecule has 0 saturated heterocycles. The summed E-state index contributed by atoms with van der Waals surface area (Å²) in [5.74, 6) is 1.30. The van der Waals surface area contributed by atoms with Crippen LogP contribution in [-0.2, 0) is 0 Å². The summed E-state index contributed by atoms with van der Waals surface area (Å²) in [4.78, 5) is 0. The van der Waals surface area contributed by atoms with Gasteiger partial charge in [-0.2, -0.15) is 0 Å². The monoisotopic (exact) mass is 193 g/mol. The van der Waals surface area contributed by atoms with Gasteiger partial charge in [-0.25, -0.2) is 0 Å². The first-order chi connectivity index (χ1) is 6.56. The molecule has 0 aliphatic carbocycles. The Hall–Kier alpha value is -1.02. The molecule has 1 rings (SSSR count). The molecule has 2 atom stereocenters. The van der Waals surface area contributed by atoms with Crippen LogP contribution in [0.3, 0.4) is 0 Å². The van der Waals surface area contributed by atoms with Crippen molar-refractivity contribution < 1.29 is 4.74 Å². The number of nitrogens with two attached hydrogens (primary N) is 1. The second-order valence-electron chi connectivity index (χ2n) is 3.87. The Morgan fingerprint density at radius 3 is 2.36 bits per heavy atom. The molecule has 1 aromatic carbocycles. The van der Waals surface area contributed by atoms with Crippen LogP contribution in [0.1, 0.15) is 30.9 Å². The first-order valence-corrected chi connectivity index (χ1v) is 4.96. The van der Waals surface area contributed by atoms with E-state index in [2.05, 4.69) is 19.9 Å². The fourth-order valence-corrected chi connectivity index (χ4v) is 1.57. The average Bonchev–Trinajstić information content (AvgIpc) is 2.16. The van der Waals surface area contributed by atoms with Crippen molar-refractivity contribution >= 4 is 0 Å². The maximum Gasteiger partial charge on any atom is 0.119 e. The van der Waals surface area contributed by atoms with Crippen LogP contribution in [0.25, 0.3) is 0 Å². The van der Waals surface area contributed by atoms with Crippen LogP contribution in [0.5, 0.6) is 5.75 Å². The number of benzene rings is 1. The lowest BCUT2D eigenvalue weighted by Crippen LogP contribution is -2.23. The molecule has 0 fully saturated rings. The molecular formula is C12H19NO. The summed E-state index contributed by atoms with van der Waals surface area (Å²) in [7, 11) is 1.68. The highest BCUT2D eigenvalue weighted by Crippen LogP contribution is 2.25. The molecule has 2 unspecified atom stereocenters. The maximum atomic E-state index is 5.88. The number of hydrogen-bond acceptors (Lipinski definition) is 2. The number of methoxy groups -OCH3 is 1. The van der Waals surface area contributed by atoms with Gasteiger partial charge < -0.3 is 10.5 Å². The molecule has 0 saturated carbocycles. The van der Waals surface area contributed by atoms with Gasteiger partial charge in [-0.05, 0) is 43.0 Å². The Labute approximate surface area is 86.1 Å². The van der Waals surface area contributed by atoms with Crippen LogP contribution in [0.15, 0.2) is 18.2 Å². The van der Waals surface area contributed by atoms with E-state index in [1.165, 1.54) is 11.1 Å². The molecule has 2 nitrogen and oxygen atoms in total. The summed E-state index contributed by atoms with van der Waals surface area (Å²) in [5, 5.41) is 0. The van der Waals surface area contributed by atoms with Crippen molar-refractivity contribution in [2.24, 2.45) is 5.73 Å². The molecule has 0 aliphatic heterocycles. The van der Waals surface area contributed by atoms with Crippen LogP contribution >= 0.6 is 0 Å². The number of rotatable bonds is 3. The lowest BCUT2D eigenvalue weighted by molar-refractivity contribution is 0.414. The number of hydrogen-bond donors (Lipinski definition) is 1. The molecule has 2 N–H and O–H groups in total. The molecule has 0 radical (unpaired) electrons. The molecule has 1 aromatic rings. The summed E-state index contributed by atoms with van der Waals surface area (Å²) in [6, 6.07) is 6.32. The zero-order valence-electron chi connectivity index (χ0n) is 9.37. The van der Waals surface area contributed by atoms with Gasteiger partial charge in [-0.1, -0.05) is 13.0 Å². The minimum atomic E-state index is 0.182. The van der Waals surface area contributed by atoms with Crippen LogP contribution < -0.4 is 10.5 Å². The Kier molecular flexibility index (Phi) is 3.53. The van der Waals surface area contributed by atoms with E-state index in [0.29, 0.717) is 5.92 Å². The van der Waals surface area contributed by atoms with Gasteiger partial charge in [0.25, 0.3) is 0 Å². The van der Waals surface area contributed by atoms with Crippen molar-refractivity contribution in [1.82, 2.24) is 0 Å². The lowest BCUT2D eigenvalue weighted by Gasteiger charge is -2.18. The normalized spacial score (nSPS) is 14.9. The van der Waals surface area contributed by atoms with Crippen molar-refractivity contribution in [2.75, 3.05) is 7.11 Å². The van der Waals surface area contributed by atoms with Crippen LogP contribution in [-0.4, -0.2) is 13.2 Å². The predicted octanol–water partition coefficient (Wildman–Crippen LogP) is 2.45. The largest absolute Gasteiger partial charge is 0.497 e. The smallest absolute Gasteiger partial charge is 0.119 e. The summed E-state index contributed by atoms with van der Waals surface area (Å²) < 4.78 is 5.16. The molecule has 14 heavy (non-hydrogen) atoms. The quantitative estimate of drug-likeness (QED) is 0.800. The predicted molar refractivity (Wildman–Crippen MR) is 59.8 cm³/mol. The van der Waals surface area contributed by atoms with Crippen LogP contribution in [0.2, 0.25) is 0 Å². The average molecular weight is 193 g/mol. The third kappa shape index (κ3) is 2.26. The molecule has 0 amide bonds. The van der Waals surface area contributed by atoms with Gasteiger partial charge in [0.1, 0.15) is 5.75 Å². The third-order valence-corrected chi connectivity index (χ3v) is 2.76. The van der Waals surface area contributed by atoms with Gasteiger partial charge in [0.15, 0.2) is 0 Å². The van der Waals surface area contributed by atoms with E-state index >= 15 is 0 Å². The van der Waals surface area contributed by atoms with E-state index in [4.69, 9.17) is 10.5 Å². The van der Waals surface area contributed by atoms with Gasteiger partial charge in [-0.15, -0.1) is 0 Å². The molecular weight excluding hydrogens is 174 g/mol. The first kappa shape index (κ1) is 11.1. The van der Waals surface area contributed by atoms with Crippen LogP contribution in [0, 0.1) is 6.92 Å². The number of ether oxygens (including phenoxy) is 1. The van der Waals surface area contributed by atoms with Crippen molar-refractivity contribution in [3.05, 3.63) is 29.3 Å². The molecule has 78 valence electrons. The summed E-state index contributed by atoms with van der Waals surface area (Å²) in [6.45, 7) is 6.28. The van der Waals surface area contributed by atoms with Gasteiger partial charge in [-0.3, -0.25) is 0 Å². The van der Waals surface area contributed by atoms with Crippen molar-refractivity contribution in [3.8, 4) is 5.75 Å². The second-order valence-corrected chi connectivity index (χ2v) is 3.87. The van der Waals surface area contributed by atoms with E-state index in [1.54, 1.807) is 7.11 Å². The van der Waals surface area contributed by atoms with Crippen molar-refractivity contribution in [3.63, 3.8) is 0 Å². The number of aryl methyl sites for hydroxylation is 1. The standard InChI is InChI=1S/C12H19NO/c1-8-7-11(14-4)5-6-12(8)9(2)10(3)13/h5-7,9-10H,13H2,1-4H3. The van der Waals surface area contributed by atoms with E-state index in [9.17, 15) is 0 Å². The molecule has 0 bridgehead atoms. The van der Waals surface area contributed by atoms with Gasteiger partial charge in [0.05, 0.1) is 7.11 Å². The second kappa shape index (κ2) is 4.47. The minimum Gasteiger partial charge on any atom is -0.497 e. The fraction of sp³-hybridized carbons (Fsp3) is 0.500. The highest BCUT2D eigenvalue weighted by Gasteiger charge is 2.12. The summed E-state index contributed by atoms with van der Waals surface area (Å²) in [5.41, 5.74) is 8.43. The van der Waals surface area contributed by atoms with Crippen molar-refractivity contribution in [1.29, 1.82) is 0 Å². The third-order valence-electron chi connectivity index (χ3n) is 2.76. The van der Waals surface area contributed by atoms with Crippen LogP contribution in [0.4, 0.5) is 0 Å². The molecule has 0 heterocycles. The summed E-state index contributed by atoms with van der Waals surface area (Å²) >= 11 is 0. The van der Waals surface area contributed by atoms with E-state index in [1.807, 2.05) is 19.1 Å². The van der Waals surface area contributed by atoms with E-state index < -0.39 is 0 Å². The van der Waals surface area contributed by atoms with E-state index in [-0.39, 0.29) is 6.04 Å². The van der Waals surface area contributed by atoms with Gasteiger partial charge >= 0.3 is 0 Å². The zero-order valence-corrected chi connectivity index (χ0v) is 9.37. The SMILES string of the molecule is COc1ccc(C(C)C(C)N)c(C)c1. The van der Waals surface area contributed by atoms with Crippen molar-refractivity contribution in [2.45, 2.75) is 32.7 Å². The minimum absolute atomic E-state index is 0.182. The highest BCUT2D eigenvalue weighted by molar-refractivity contribution is 5.37. The van der Waals surface area contributed by atoms with E-state index in [0.717, 1.165) is 5.75 Å². The molecule has 0 aromatic heterocycles. The Morgan fingerprint density at radius 1 is 1.29 bits per heavy atom. The first-order valence-electron chi connectivity index (χ1n) is 4.96. The Bertz CT molecular complexity index is 307. The molecule has 0 aliphatic rings. The fourth-order valence-electron chi connectivity index (χ4n) is 1.57. The topological polar surface area (TPSA) is 35.2 Å². The zero-order chi connectivity index (χ0) is 10.7. The Balaban J connectivity index is 2.99. The highest BCUT2D eigenvalue weighted by atomic mass is 16.5. The van der Waals surface area contributed by atoms with Gasteiger partial charge in [0, 0.05) is 6.04 Å². The molecule has 0 spiro atoms. The Morgan fingerprint density at radius 2 is 1.93 bits per heavy atom. The van der Waals surface area contributed by atoms with Gasteiger partial charge in [0.2, 0.25) is 0 Å². The molecule has 2 heteroatoms. The lowest BCUT2D eigenvalue weighted by atomic mass is 9.91.